The summed E-state index contributed by atoms with van der Waals surface area (Å²) in [4.78, 5) is 2.56. The molecule has 2 atom stereocenters. The summed E-state index contributed by atoms with van der Waals surface area (Å²) in [7, 11) is 2.11. The molecule has 3 nitrogen and oxygen atoms in total. The Labute approximate surface area is 106 Å². The SMILES string of the molecule is CNC1CCCCCC1CN1CCC(O)CC1. The van der Waals surface area contributed by atoms with Gasteiger partial charge in [-0.05, 0) is 38.6 Å². The molecule has 1 aliphatic carbocycles. The monoisotopic (exact) mass is 240 g/mol. The second kappa shape index (κ2) is 6.72. The summed E-state index contributed by atoms with van der Waals surface area (Å²) in [6.45, 7) is 3.42. The lowest BCUT2D eigenvalue weighted by Crippen LogP contribution is -2.44. The van der Waals surface area contributed by atoms with Crippen LogP contribution in [0.1, 0.15) is 44.9 Å². The third-order valence-corrected chi connectivity index (χ3v) is 4.58. The van der Waals surface area contributed by atoms with Crippen molar-refractivity contribution in [2.45, 2.75) is 57.1 Å². The van der Waals surface area contributed by atoms with Crippen LogP contribution in [0.4, 0.5) is 0 Å². The predicted octanol–water partition coefficient (Wildman–Crippen LogP) is 1.61. The van der Waals surface area contributed by atoms with E-state index in [1.54, 1.807) is 0 Å². The Balaban J connectivity index is 1.82. The Kier molecular flexibility index (Phi) is 5.26. The maximum Gasteiger partial charge on any atom is 0.0564 e. The van der Waals surface area contributed by atoms with Crippen molar-refractivity contribution in [3.05, 3.63) is 0 Å². The van der Waals surface area contributed by atoms with E-state index in [9.17, 15) is 5.11 Å². The molecule has 1 saturated heterocycles. The quantitative estimate of drug-likeness (QED) is 0.736. The van der Waals surface area contributed by atoms with Crippen molar-refractivity contribution in [2.24, 2.45) is 5.92 Å². The van der Waals surface area contributed by atoms with Crippen molar-refractivity contribution < 1.29 is 5.11 Å². The van der Waals surface area contributed by atoms with E-state index in [0.29, 0.717) is 6.04 Å². The number of likely N-dealkylation sites (tertiary alicyclic amines) is 1. The lowest BCUT2D eigenvalue weighted by molar-refractivity contribution is 0.0703. The molecule has 1 heterocycles. The highest BCUT2D eigenvalue weighted by molar-refractivity contribution is 4.82. The molecule has 0 aromatic carbocycles. The van der Waals surface area contributed by atoms with E-state index >= 15 is 0 Å². The van der Waals surface area contributed by atoms with Gasteiger partial charge in [-0.2, -0.15) is 0 Å². The summed E-state index contributed by atoms with van der Waals surface area (Å²) in [5, 5.41) is 13.1. The van der Waals surface area contributed by atoms with Gasteiger partial charge in [0, 0.05) is 25.7 Å². The molecule has 2 rings (SSSR count). The van der Waals surface area contributed by atoms with Crippen LogP contribution in [0.25, 0.3) is 0 Å². The molecule has 2 N–H and O–H groups in total. The maximum absolute atomic E-state index is 9.54. The van der Waals surface area contributed by atoms with Gasteiger partial charge < -0.3 is 15.3 Å². The lowest BCUT2D eigenvalue weighted by Gasteiger charge is -2.35. The van der Waals surface area contributed by atoms with Crippen LogP contribution in [-0.2, 0) is 0 Å². The molecule has 0 aromatic rings. The zero-order valence-corrected chi connectivity index (χ0v) is 11.2. The third-order valence-electron chi connectivity index (χ3n) is 4.58. The fourth-order valence-corrected chi connectivity index (χ4v) is 3.42. The van der Waals surface area contributed by atoms with E-state index in [-0.39, 0.29) is 6.10 Å². The number of aliphatic hydroxyl groups excluding tert-OH is 1. The number of piperidine rings is 1. The third kappa shape index (κ3) is 3.94. The van der Waals surface area contributed by atoms with Crippen molar-refractivity contribution in [3.63, 3.8) is 0 Å². The normalized spacial score (nSPS) is 33.5. The van der Waals surface area contributed by atoms with E-state index in [4.69, 9.17) is 0 Å². The van der Waals surface area contributed by atoms with Gasteiger partial charge in [-0.25, -0.2) is 0 Å². The predicted molar refractivity (Wildman–Crippen MR) is 71.1 cm³/mol. The number of hydrogen-bond acceptors (Lipinski definition) is 3. The molecule has 1 aliphatic heterocycles. The molecular formula is C14H28N2O. The Hall–Kier alpha value is -0.120. The number of aliphatic hydroxyl groups is 1. The molecule has 2 aliphatic rings. The molecule has 3 heteroatoms. The highest BCUT2D eigenvalue weighted by Gasteiger charge is 2.26. The van der Waals surface area contributed by atoms with Crippen LogP contribution in [0.3, 0.4) is 0 Å². The summed E-state index contributed by atoms with van der Waals surface area (Å²) < 4.78 is 0. The fraction of sp³-hybridized carbons (Fsp3) is 1.00. The van der Waals surface area contributed by atoms with Crippen LogP contribution in [0.2, 0.25) is 0 Å². The van der Waals surface area contributed by atoms with Crippen LogP contribution in [0.5, 0.6) is 0 Å². The average molecular weight is 240 g/mol. The van der Waals surface area contributed by atoms with Crippen LogP contribution in [0.15, 0.2) is 0 Å². The first kappa shape index (κ1) is 13.3. The minimum atomic E-state index is -0.0412. The highest BCUT2D eigenvalue weighted by atomic mass is 16.3. The molecule has 0 radical (unpaired) electrons. The largest absolute Gasteiger partial charge is 0.393 e. The van der Waals surface area contributed by atoms with Gasteiger partial charge in [0.2, 0.25) is 0 Å². The molecule has 17 heavy (non-hydrogen) atoms. The van der Waals surface area contributed by atoms with E-state index in [2.05, 4.69) is 17.3 Å². The molecular weight excluding hydrogens is 212 g/mol. The molecule has 0 spiro atoms. The number of nitrogens with one attached hydrogen (secondary N) is 1. The number of nitrogens with zero attached hydrogens (tertiary/aromatic N) is 1. The first-order chi connectivity index (χ1) is 8.29. The zero-order valence-electron chi connectivity index (χ0n) is 11.2. The van der Waals surface area contributed by atoms with E-state index < -0.39 is 0 Å². The molecule has 2 fully saturated rings. The Morgan fingerprint density at radius 2 is 1.76 bits per heavy atom. The van der Waals surface area contributed by atoms with E-state index in [1.165, 1.54) is 38.6 Å². The second-order valence-electron chi connectivity index (χ2n) is 5.83. The summed E-state index contributed by atoms with van der Waals surface area (Å²) in [5.41, 5.74) is 0. The number of rotatable bonds is 3. The van der Waals surface area contributed by atoms with Crippen molar-refractivity contribution in [3.8, 4) is 0 Å². The number of hydrogen-bond donors (Lipinski definition) is 2. The molecule has 2 unspecified atom stereocenters. The topological polar surface area (TPSA) is 35.5 Å². The fourth-order valence-electron chi connectivity index (χ4n) is 3.42. The van der Waals surface area contributed by atoms with Crippen molar-refractivity contribution in [2.75, 3.05) is 26.7 Å². The van der Waals surface area contributed by atoms with Gasteiger partial charge >= 0.3 is 0 Å². The van der Waals surface area contributed by atoms with Gasteiger partial charge in [0.05, 0.1) is 6.10 Å². The van der Waals surface area contributed by atoms with Gasteiger partial charge in [-0.15, -0.1) is 0 Å². The van der Waals surface area contributed by atoms with Gasteiger partial charge in [0.1, 0.15) is 0 Å². The molecule has 0 amide bonds. The minimum absolute atomic E-state index is 0.0412. The Bertz CT molecular complexity index is 214. The summed E-state index contributed by atoms with van der Waals surface area (Å²) >= 11 is 0. The van der Waals surface area contributed by atoms with E-state index in [0.717, 1.165) is 31.8 Å². The molecule has 1 saturated carbocycles. The molecule has 0 aromatic heterocycles. The van der Waals surface area contributed by atoms with Gasteiger partial charge in [0.25, 0.3) is 0 Å². The minimum Gasteiger partial charge on any atom is -0.393 e. The van der Waals surface area contributed by atoms with Crippen molar-refractivity contribution >= 4 is 0 Å². The van der Waals surface area contributed by atoms with Crippen LogP contribution in [0, 0.1) is 5.92 Å². The van der Waals surface area contributed by atoms with Gasteiger partial charge in [-0.1, -0.05) is 19.3 Å². The summed E-state index contributed by atoms with van der Waals surface area (Å²) in [6.07, 6.45) is 8.82. The zero-order chi connectivity index (χ0) is 12.1. The first-order valence-electron chi connectivity index (χ1n) is 7.37. The smallest absolute Gasteiger partial charge is 0.0564 e. The summed E-state index contributed by atoms with van der Waals surface area (Å²) in [5.74, 6) is 0.817. The van der Waals surface area contributed by atoms with E-state index in [1.807, 2.05) is 0 Å². The van der Waals surface area contributed by atoms with Crippen LogP contribution < -0.4 is 5.32 Å². The first-order valence-corrected chi connectivity index (χ1v) is 7.37. The Morgan fingerprint density at radius 3 is 2.47 bits per heavy atom. The van der Waals surface area contributed by atoms with Gasteiger partial charge in [-0.3, -0.25) is 0 Å². The second-order valence-corrected chi connectivity index (χ2v) is 5.83. The van der Waals surface area contributed by atoms with Crippen LogP contribution in [-0.4, -0.2) is 48.8 Å². The van der Waals surface area contributed by atoms with Crippen molar-refractivity contribution in [1.29, 1.82) is 0 Å². The average Bonchev–Trinajstić information content (AvgIpc) is 2.57. The van der Waals surface area contributed by atoms with Gasteiger partial charge in [0.15, 0.2) is 0 Å². The van der Waals surface area contributed by atoms with Crippen molar-refractivity contribution in [1.82, 2.24) is 10.2 Å². The summed E-state index contributed by atoms with van der Waals surface area (Å²) in [6, 6.07) is 0.712. The lowest BCUT2D eigenvalue weighted by atomic mass is 9.93. The maximum atomic E-state index is 9.54. The molecule has 0 bridgehead atoms. The van der Waals surface area contributed by atoms with Crippen LogP contribution >= 0.6 is 0 Å². The Morgan fingerprint density at radius 1 is 1.06 bits per heavy atom. The highest BCUT2D eigenvalue weighted by Crippen LogP contribution is 2.25. The standard InChI is InChI=1S/C14H28N2O/c1-15-14-6-4-2-3-5-12(14)11-16-9-7-13(17)8-10-16/h12-15,17H,2-11H2,1H3. The molecule has 100 valence electrons.